The van der Waals surface area contributed by atoms with Crippen molar-refractivity contribution in [1.82, 2.24) is 14.9 Å². The van der Waals surface area contributed by atoms with Gasteiger partial charge in [0.2, 0.25) is 0 Å². The van der Waals surface area contributed by atoms with Crippen molar-refractivity contribution in [2.24, 2.45) is 0 Å². The predicted octanol–water partition coefficient (Wildman–Crippen LogP) is 4.59. The molecular weight excluding hydrogens is 282 g/mol. The first-order chi connectivity index (χ1) is 10.3. The maximum absolute atomic E-state index is 6.17. The highest BCUT2D eigenvalue weighted by Crippen LogP contribution is 2.19. The van der Waals surface area contributed by atoms with Crippen LogP contribution in [0.5, 0.6) is 0 Å². The normalized spacial score (nSPS) is 11.0. The Morgan fingerprint density at radius 1 is 1.14 bits per heavy atom. The van der Waals surface area contributed by atoms with E-state index in [-0.39, 0.29) is 0 Å². The Morgan fingerprint density at radius 3 is 2.81 bits per heavy atom. The van der Waals surface area contributed by atoms with Gasteiger partial charge >= 0.3 is 0 Å². The average molecular weight is 306 g/mol. The molecule has 2 heterocycles. The highest BCUT2D eigenvalue weighted by atomic mass is 35.5. The summed E-state index contributed by atoms with van der Waals surface area (Å²) in [6.07, 6.45) is 10.3. The van der Waals surface area contributed by atoms with Crippen molar-refractivity contribution >= 4 is 11.6 Å². The Balaban J connectivity index is 1.83. The summed E-state index contributed by atoms with van der Waals surface area (Å²) in [5, 5.41) is 4.05. The topological polar surface area (TPSA) is 29.9 Å². The van der Waals surface area contributed by atoms with Gasteiger partial charge in [0.15, 0.2) is 5.15 Å². The van der Waals surface area contributed by atoms with Crippen LogP contribution >= 0.6 is 11.6 Å². The summed E-state index contributed by atoms with van der Waals surface area (Å²) >= 11 is 6.17. The number of nitrogens with one attached hydrogen (secondary N) is 1. The minimum atomic E-state index is 0.537. The number of halogens is 1. The predicted molar refractivity (Wildman–Crippen MR) is 89.0 cm³/mol. The lowest BCUT2D eigenvalue weighted by Gasteiger charge is -2.11. The number of pyridine rings is 1. The summed E-state index contributed by atoms with van der Waals surface area (Å²) in [6.45, 7) is 4.16. The van der Waals surface area contributed by atoms with Crippen LogP contribution in [0.1, 0.15) is 44.7 Å². The van der Waals surface area contributed by atoms with Gasteiger partial charge in [0, 0.05) is 24.6 Å². The Hall–Kier alpha value is -1.32. The molecule has 0 aliphatic carbocycles. The molecule has 0 unspecified atom stereocenters. The molecule has 0 fully saturated rings. The largest absolute Gasteiger partial charge is 0.317 e. The molecule has 2 aromatic rings. The van der Waals surface area contributed by atoms with Crippen molar-refractivity contribution in [3.05, 3.63) is 47.5 Å². The summed E-state index contributed by atoms with van der Waals surface area (Å²) in [4.78, 5) is 4.14. The minimum absolute atomic E-state index is 0.537. The average Bonchev–Trinajstić information content (AvgIpc) is 2.95. The molecule has 0 saturated heterocycles. The fourth-order valence-corrected chi connectivity index (χ4v) is 2.63. The molecule has 0 amide bonds. The van der Waals surface area contributed by atoms with Crippen LogP contribution in [0.4, 0.5) is 0 Å². The Morgan fingerprint density at radius 2 is 2.00 bits per heavy atom. The Kier molecular flexibility index (Phi) is 6.77. The molecule has 0 atom stereocenters. The van der Waals surface area contributed by atoms with E-state index in [0.29, 0.717) is 5.15 Å². The van der Waals surface area contributed by atoms with E-state index in [1.165, 1.54) is 37.8 Å². The first-order valence-electron chi connectivity index (χ1n) is 7.80. The molecule has 0 aliphatic heterocycles. The molecule has 0 radical (unpaired) electrons. The fraction of sp³-hybridized carbons (Fsp3) is 0.471. The monoisotopic (exact) mass is 305 g/mol. The number of hydrogen-bond acceptors (Lipinski definition) is 2. The van der Waals surface area contributed by atoms with Crippen molar-refractivity contribution in [1.29, 1.82) is 0 Å². The molecule has 0 saturated carbocycles. The van der Waals surface area contributed by atoms with Crippen molar-refractivity contribution in [3.63, 3.8) is 0 Å². The number of hydrogen-bond donors (Lipinski definition) is 1. The minimum Gasteiger partial charge on any atom is -0.317 e. The molecule has 0 bridgehead atoms. The summed E-state index contributed by atoms with van der Waals surface area (Å²) in [5.41, 5.74) is 2.14. The number of nitrogens with zero attached hydrogens (tertiary/aromatic N) is 2. The summed E-state index contributed by atoms with van der Waals surface area (Å²) in [7, 11) is 0. The van der Waals surface area contributed by atoms with Crippen LogP contribution in [-0.2, 0) is 6.54 Å². The highest BCUT2D eigenvalue weighted by molar-refractivity contribution is 6.31. The van der Waals surface area contributed by atoms with E-state index < -0.39 is 0 Å². The third kappa shape index (κ3) is 4.87. The Bertz CT molecular complexity index is 536. The number of unbranched alkanes of at least 4 members (excludes halogenated alkanes) is 4. The maximum Gasteiger partial charge on any atom is 0.152 e. The molecule has 2 rings (SSSR count). The van der Waals surface area contributed by atoms with Crippen LogP contribution in [-0.4, -0.2) is 16.1 Å². The van der Waals surface area contributed by atoms with Gasteiger partial charge in [0.1, 0.15) is 0 Å². The first kappa shape index (κ1) is 16.1. The SMILES string of the molecule is CCCCCCCNCc1cccn1-c1cccnc1Cl. The van der Waals surface area contributed by atoms with Crippen LogP contribution in [0, 0.1) is 0 Å². The van der Waals surface area contributed by atoms with Gasteiger partial charge in [0.25, 0.3) is 0 Å². The van der Waals surface area contributed by atoms with Gasteiger partial charge in [-0.15, -0.1) is 0 Å². The molecule has 21 heavy (non-hydrogen) atoms. The van der Waals surface area contributed by atoms with Crippen LogP contribution in [0.2, 0.25) is 5.15 Å². The zero-order valence-corrected chi connectivity index (χ0v) is 13.4. The van der Waals surface area contributed by atoms with E-state index in [1.54, 1.807) is 6.20 Å². The van der Waals surface area contributed by atoms with Crippen LogP contribution in [0.25, 0.3) is 5.69 Å². The van der Waals surface area contributed by atoms with E-state index in [9.17, 15) is 0 Å². The summed E-state index contributed by atoms with van der Waals surface area (Å²) in [5.74, 6) is 0. The Labute approximate surface area is 132 Å². The van der Waals surface area contributed by atoms with E-state index in [2.05, 4.69) is 27.9 Å². The van der Waals surface area contributed by atoms with E-state index in [4.69, 9.17) is 11.6 Å². The highest BCUT2D eigenvalue weighted by Gasteiger charge is 2.06. The zero-order valence-electron chi connectivity index (χ0n) is 12.7. The third-order valence-electron chi connectivity index (χ3n) is 3.60. The van der Waals surface area contributed by atoms with Crippen LogP contribution in [0.3, 0.4) is 0 Å². The third-order valence-corrected chi connectivity index (χ3v) is 3.89. The fourth-order valence-electron chi connectivity index (χ4n) is 2.42. The second-order valence-corrected chi connectivity index (χ2v) is 5.63. The molecule has 0 aliphatic rings. The van der Waals surface area contributed by atoms with Crippen molar-refractivity contribution in [2.75, 3.05) is 6.54 Å². The van der Waals surface area contributed by atoms with E-state index >= 15 is 0 Å². The molecule has 1 N–H and O–H groups in total. The molecule has 2 aromatic heterocycles. The van der Waals surface area contributed by atoms with Crippen molar-refractivity contribution in [2.45, 2.75) is 45.6 Å². The van der Waals surface area contributed by atoms with Gasteiger partial charge in [-0.3, -0.25) is 0 Å². The zero-order chi connectivity index (χ0) is 14.9. The number of rotatable bonds is 9. The lowest BCUT2D eigenvalue weighted by molar-refractivity contribution is 0.577. The molecule has 114 valence electrons. The van der Waals surface area contributed by atoms with Gasteiger partial charge in [-0.2, -0.15) is 0 Å². The first-order valence-corrected chi connectivity index (χ1v) is 8.18. The quantitative estimate of drug-likeness (QED) is 0.542. The lowest BCUT2D eigenvalue weighted by atomic mass is 10.1. The lowest BCUT2D eigenvalue weighted by Crippen LogP contribution is -2.17. The second-order valence-electron chi connectivity index (χ2n) is 5.27. The maximum atomic E-state index is 6.17. The molecule has 3 nitrogen and oxygen atoms in total. The van der Waals surface area contributed by atoms with Crippen LogP contribution in [0.15, 0.2) is 36.7 Å². The molecule has 0 spiro atoms. The second kappa shape index (κ2) is 8.85. The number of aromatic nitrogens is 2. The smallest absolute Gasteiger partial charge is 0.152 e. The van der Waals surface area contributed by atoms with Gasteiger partial charge in [0.05, 0.1) is 5.69 Å². The van der Waals surface area contributed by atoms with Crippen LogP contribution < -0.4 is 5.32 Å². The van der Waals surface area contributed by atoms with E-state index in [0.717, 1.165) is 18.8 Å². The molecule has 4 heteroatoms. The van der Waals surface area contributed by atoms with Crippen molar-refractivity contribution < 1.29 is 0 Å². The van der Waals surface area contributed by atoms with Gasteiger partial charge < -0.3 is 9.88 Å². The van der Waals surface area contributed by atoms with Gasteiger partial charge in [-0.25, -0.2) is 4.98 Å². The molecule has 0 aromatic carbocycles. The summed E-state index contributed by atoms with van der Waals surface area (Å²) in [6, 6.07) is 8.06. The molecular formula is C17H24ClN3. The van der Waals surface area contributed by atoms with Gasteiger partial charge in [-0.1, -0.05) is 44.2 Å². The van der Waals surface area contributed by atoms with Gasteiger partial charge in [-0.05, 0) is 37.2 Å². The standard InChI is InChI=1S/C17H24ClN3/c1-2-3-4-5-6-11-19-14-15-9-8-13-21(15)16-10-7-12-20-17(16)18/h7-10,12-13,19H,2-6,11,14H2,1H3. The van der Waals surface area contributed by atoms with Crippen molar-refractivity contribution in [3.8, 4) is 5.69 Å². The summed E-state index contributed by atoms with van der Waals surface area (Å²) < 4.78 is 2.10. The van der Waals surface area contributed by atoms with E-state index in [1.807, 2.05) is 24.4 Å².